The molecule has 0 saturated heterocycles. The van der Waals surface area contributed by atoms with Crippen molar-refractivity contribution in [2.24, 2.45) is 5.90 Å². The Balaban J connectivity index is 2.12. The van der Waals surface area contributed by atoms with Crippen molar-refractivity contribution in [3.05, 3.63) is 22.3 Å². The third-order valence-corrected chi connectivity index (χ3v) is 3.65. The van der Waals surface area contributed by atoms with Crippen LogP contribution in [0.15, 0.2) is 0 Å². The lowest BCUT2D eigenvalue weighted by atomic mass is 9.93. The first-order valence-corrected chi connectivity index (χ1v) is 6.07. The van der Waals surface area contributed by atoms with Crippen molar-refractivity contribution in [2.45, 2.75) is 26.2 Å². The molecule has 2 N–H and O–H groups in total. The molecule has 4 heteroatoms. The Bertz CT molecular complexity index is 421. The first kappa shape index (κ1) is 10.9. The molecule has 0 unspecified atom stereocenters. The summed E-state index contributed by atoms with van der Waals surface area (Å²) in [4.78, 5) is 4.70. The van der Waals surface area contributed by atoms with Gasteiger partial charge in [0.25, 0.3) is 0 Å². The minimum atomic E-state index is 0.519. The second-order valence-electron chi connectivity index (χ2n) is 4.54. The topological polar surface area (TPSA) is 53.7 Å². The summed E-state index contributed by atoms with van der Waals surface area (Å²) >= 11 is 0. The normalized spacial score (nSPS) is 16.4. The number of nitrogens with two attached hydrogens (primary N) is 1. The Kier molecular flexibility index (Phi) is 2.68. The highest BCUT2D eigenvalue weighted by atomic mass is 16.6. The first-order valence-electron chi connectivity index (χ1n) is 6.07. The Morgan fingerprint density at radius 2 is 1.82 bits per heavy atom. The maximum absolute atomic E-state index is 5.78. The summed E-state index contributed by atoms with van der Waals surface area (Å²) < 4.78 is 11.5. The molecule has 1 aromatic carbocycles. The van der Waals surface area contributed by atoms with Gasteiger partial charge in [-0.3, -0.25) is 0 Å². The number of fused-ring (bicyclic) bond motifs is 2. The number of hydrogen-bond acceptors (Lipinski definition) is 4. The van der Waals surface area contributed by atoms with Crippen molar-refractivity contribution in [2.75, 3.05) is 19.8 Å². The van der Waals surface area contributed by atoms with E-state index in [4.69, 9.17) is 20.2 Å². The standard InChI is InChI=1S/C13H17NO3/c1-8-9-2-5-16-13(9)11(4-7-17-14)10-3-6-15-12(8)10/h2-7,14H2,1H3. The predicted molar refractivity (Wildman–Crippen MR) is 63.4 cm³/mol. The van der Waals surface area contributed by atoms with Crippen LogP contribution in [0.2, 0.25) is 0 Å². The van der Waals surface area contributed by atoms with Gasteiger partial charge in [0.1, 0.15) is 11.5 Å². The highest BCUT2D eigenvalue weighted by molar-refractivity contribution is 5.61. The third kappa shape index (κ3) is 1.59. The zero-order valence-electron chi connectivity index (χ0n) is 10.0. The summed E-state index contributed by atoms with van der Waals surface area (Å²) in [6.07, 6.45) is 2.74. The van der Waals surface area contributed by atoms with Crippen molar-refractivity contribution in [3.63, 3.8) is 0 Å². The molecule has 2 heterocycles. The second-order valence-corrected chi connectivity index (χ2v) is 4.54. The molecule has 0 bridgehead atoms. The molecule has 2 aliphatic heterocycles. The van der Waals surface area contributed by atoms with Crippen molar-refractivity contribution in [3.8, 4) is 11.5 Å². The molecular formula is C13H17NO3. The van der Waals surface area contributed by atoms with Crippen molar-refractivity contribution < 1.29 is 14.3 Å². The number of benzene rings is 1. The van der Waals surface area contributed by atoms with Crippen LogP contribution >= 0.6 is 0 Å². The summed E-state index contributed by atoms with van der Waals surface area (Å²) in [5.41, 5.74) is 5.08. The van der Waals surface area contributed by atoms with E-state index in [0.29, 0.717) is 6.61 Å². The molecule has 0 aromatic heterocycles. The van der Waals surface area contributed by atoms with Crippen LogP contribution in [0.1, 0.15) is 22.3 Å². The molecule has 1 aromatic rings. The summed E-state index contributed by atoms with van der Waals surface area (Å²) in [6.45, 7) is 4.19. The molecule has 0 atom stereocenters. The average molecular weight is 235 g/mol. The smallest absolute Gasteiger partial charge is 0.126 e. The van der Waals surface area contributed by atoms with Crippen molar-refractivity contribution >= 4 is 0 Å². The Morgan fingerprint density at radius 3 is 2.59 bits per heavy atom. The van der Waals surface area contributed by atoms with E-state index in [1.54, 1.807) is 0 Å². The molecule has 0 amide bonds. The maximum Gasteiger partial charge on any atom is 0.126 e. The zero-order valence-corrected chi connectivity index (χ0v) is 10.0. The molecule has 2 aliphatic rings. The van der Waals surface area contributed by atoms with Crippen LogP contribution in [0.25, 0.3) is 0 Å². The fraction of sp³-hybridized carbons (Fsp3) is 0.538. The molecule has 0 spiro atoms. The number of hydrogen-bond donors (Lipinski definition) is 1. The van der Waals surface area contributed by atoms with Crippen molar-refractivity contribution in [1.82, 2.24) is 0 Å². The van der Waals surface area contributed by atoms with Gasteiger partial charge in [0.05, 0.1) is 19.8 Å². The highest BCUT2D eigenvalue weighted by Gasteiger charge is 2.29. The minimum Gasteiger partial charge on any atom is -0.493 e. The van der Waals surface area contributed by atoms with Crippen LogP contribution < -0.4 is 15.4 Å². The molecule has 92 valence electrons. The Hall–Kier alpha value is -1.26. The van der Waals surface area contributed by atoms with E-state index in [0.717, 1.165) is 44.0 Å². The largest absolute Gasteiger partial charge is 0.493 e. The van der Waals surface area contributed by atoms with Gasteiger partial charge in [-0.05, 0) is 12.5 Å². The lowest BCUT2D eigenvalue weighted by molar-refractivity contribution is 0.140. The zero-order chi connectivity index (χ0) is 11.8. The van der Waals surface area contributed by atoms with Gasteiger partial charge < -0.3 is 14.3 Å². The van der Waals surface area contributed by atoms with Crippen LogP contribution in [-0.4, -0.2) is 19.8 Å². The van der Waals surface area contributed by atoms with Gasteiger partial charge in [-0.15, -0.1) is 0 Å². The van der Waals surface area contributed by atoms with Gasteiger partial charge in [0.2, 0.25) is 0 Å². The maximum atomic E-state index is 5.78. The summed E-state index contributed by atoms with van der Waals surface area (Å²) in [5, 5.41) is 0. The van der Waals surface area contributed by atoms with Gasteiger partial charge in [-0.25, -0.2) is 5.90 Å². The Morgan fingerprint density at radius 1 is 1.12 bits per heavy atom. The average Bonchev–Trinajstić information content (AvgIpc) is 2.97. The minimum absolute atomic E-state index is 0.519. The van der Waals surface area contributed by atoms with Crippen molar-refractivity contribution in [1.29, 1.82) is 0 Å². The molecule has 4 nitrogen and oxygen atoms in total. The predicted octanol–water partition coefficient (Wildman–Crippen LogP) is 1.30. The lowest BCUT2D eigenvalue weighted by Gasteiger charge is -2.15. The van der Waals surface area contributed by atoms with Crippen LogP contribution in [0, 0.1) is 6.92 Å². The molecule has 0 radical (unpaired) electrons. The molecule has 0 aliphatic carbocycles. The highest BCUT2D eigenvalue weighted by Crippen LogP contribution is 2.44. The lowest BCUT2D eigenvalue weighted by Crippen LogP contribution is -2.07. The molecule has 3 rings (SSSR count). The van der Waals surface area contributed by atoms with Crippen LogP contribution in [-0.2, 0) is 24.1 Å². The Labute approximate surface area is 101 Å². The molecule has 0 fully saturated rings. The van der Waals surface area contributed by atoms with E-state index < -0.39 is 0 Å². The fourth-order valence-corrected chi connectivity index (χ4v) is 2.86. The van der Waals surface area contributed by atoms with E-state index in [1.807, 2.05) is 0 Å². The van der Waals surface area contributed by atoms with E-state index in [9.17, 15) is 0 Å². The van der Waals surface area contributed by atoms with Gasteiger partial charge in [-0.1, -0.05) is 0 Å². The van der Waals surface area contributed by atoms with Crippen LogP contribution in [0.3, 0.4) is 0 Å². The summed E-state index contributed by atoms with van der Waals surface area (Å²) in [5.74, 6) is 7.25. The molecular weight excluding hydrogens is 218 g/mol. The number of rotatable bonds is 3. The van der Waals surface area contributed by atoms with Gasteiger partial charge in [-0.2, -0.15) is 0 Å². The first-order chi connectivity index (χ1) is 8.33. The van der Waals surface area contributed by atoms with Gasteiger partial charge in [0, 0.05) is 36.0 Å². The van der Waals surface area contributed by atoms with E-state index in [-0.39, 0.29) is 0 Å². The summed E-state index contributed by atoms with van der Waals surface area (Å²) in [6, 6.07) is 0. The number of ether oxygens (including phenoxy) is 2. The van der Waals surface area contributed by atoms with E-state index in [1.165, 1.54) is 22.3 Å². The molecule has 17 heavy (non-hydrogen) atoms. The quantitative estimate of drug-likeness (QED) is 0.802. The monoisotopic (exact) mass is 235 g/mol. The van der Waals surface area contributed by atoms with Gasteiger partial charge in [0.15, 0.2) is 0 Å². The van der Waals surface area contributed by atoms with Crippen LogP contribution in [0.4, 0.5) is 0 Å². The molecule has 0 saturated carbocycles. The van der Waals surface area contributed by atoms with Gasteiger partial charge >= 0.3 is 0 Å². The summed E-state index contributed by atoms with van der Waals surface area (Å²) in [7, 11) is 0. The third-order valence-electron chi connectivity index (χ3n) is 3.65. The van der Waals surface area contributed by atoms with Crippen LogP contribution in [0.5, 0.6) is 11.5 Å². The second kappa shape index (κ2) is 4.20. The van der Waals surface area contributed by atoms with E-state index >= 15 is 0 Å². The SMILES string of the molecule is Cc1c2c(c(CCON)c3c1OCC3)OCC2. The van der Waals surface area contributed by atoms with E-state index in [2.05, 4.69) is 6.92 Å². The fourth-order valence-electron chi connectivity index (χ4n) is 2.86.